The van der Waals surface area contributed by atoms with E-state index in [1.54, 1.807) is 27.9 Å². The molecule has 0 amide bonds. The Balaban J connectivity index is -0.000000319. The number of likely N-dealkylation sites (N-methyl/N-ethyl adjacent to an activating group) is 2. The van der Waals surface area contributed by atoms with Gasteiger partial charge in [0.05, 0.1) is 17.9 Å². The number of benzene rings is 1. The highest BCUT2D eigenvalue weighted by molar-refractivity contribution is 5.81. The quantitative estimate of drug-likeness (QED) is 0.0523. The number of nitrogens with two attached hydrogens (primary N) is 3. The summed E-state index contributed by atoms with van der Waals surface area (Å²) >= 11 is 0. The van der Waals surface area contributed by atoms with Gasteiger partial charge < -0.3 is 54.0 Å². The zero-order chi connectivity index (χ0) is 47.3. The van der Waals surface area contributed by atoms with Crippen molar-refractivity contribution in [3.05, 3.63) is 35.9 Å². The van der Waals surface area contributed by atoms with Crippen LogP contribution in [-0.2, 0) is 16.1 Å². The van der Waals surface area contributed by atoms with Gasteiger partial charge in [-0.15, -0.1) is 0 Å². The predicted octanol–water partition coefficient (Wildman–Crippen LogP) is 4.78. The molecule has 1 aromatic carbocycles. The van der Waals surface area contributed by atoms with Crippen molar-refractivity contribution in [2.45, 2.75) is 131 Å². The molecular weight excluding hydrogens is 765 g/mol. The SMILES string of the molecule is CC.CNC(C)C(C)=O.CNC(CCCN=C(N)N)C(C)=O.CNCC1CCC(C)CC1.CNCC1CCN(C)CC1.CNCCCCN=C(C)N.CNCc1ccccc1. The summed E-state index contributed by atoms with van der Waals surface area (Å²) in [6, 6.07) is 10.3. The maximum Gasteiger partial charge on any atom is 0.185 e. The number of amidine groups is 1. The van der Waals surface area contributed by atoms with Crippen molar-refractivity contribution in [1.82, 2.24) is 36.8 Å². The summed E-state index contributed by atoms with van der Waals surface area (Å²) in [6.45, 7) is 21.6. The third kappa shape index (κ3) is 47.9. The van der Waals surface area contributed by atoms with Gasteiger partial charge >= 0.3 is 0 Å². The molecule has 2 unspecified atom stereocenters. The van der Waals surface area contributed by atoms with E-state index < -0.39 is 0 Å². The van der Waals surface area contributed by atoms with Gasteiger partial charge in [0.2, 0.25) is 0 Å². The smallest absolute Gasteiger partial charge is 0.185 e. The van der Waals surface area contributed by atoms with E-state index in [9.17, 15) is 9.59 Å². The average molecular weight is 865 g/mol. The number of guanidine groups is 1. The molecule has 61 heavy (non-hydrogen) atoms. The van der Waals surface area contributed by atoms with Crippen LogP contribution in [0.15, 0.2) is 40.3 Å². The monoisotopic (exact) mass is 865 g/mol. The molecule has 12 N–H and O–H groups in total. The lowest BCUT2D eigenvalue weighted by Gasteiger charge is -2.28. The zero-order valence-corrected chi connectivity index (χ0v) is 41.9. The van der Waals surface area contributed by atoms with Crippen LogP contribution in [0.1, 0.15) is 118 Å². The maximum atomic E-state index is 11.0. The topological polar surface area (TPSA) is 212 Å². The molecule has 14 nitrogen and oxygen atoms in total. The van der Waals surface area contributed by atoms with Gasteiger partial charge in [0.1, 0.15) is 11.6 Å². The molecule has 2 fully saturated rings. The van der Waals surface area contributed by atoms with E-state index in [0.717, 1.165) is 56.7 Å². The van der Waals surface area contributed by atoms with Gasteiger partial charge in [0.15, 0.2) is 5.96 Å². The van der Waals surface area contributed by atoms with Crippen LogP contribution in [0.3, 0.4) is 0 Å². The van der Waals surface area contributed by atoms with Crippen molar-refractivity contribution < 1.29 is 9.59 Å². The highest BCUT2D eigenvalue weighted by Gasteiger charge is 2.17. The van der Waals surface area contributed by atoms with E-state index in [2.05, 4.69) is 79.9 Å². The fourth-order valence-corrected chi connectivity index (χ4v) is 6.10. The summed E-state index contributed by atoms with van der Waals surface area (Å²) in [7, 11) is 13.7. The molecule has 1 aliphatic carbocycles. The fourth-order valence-electron chi connectivity index (χ4n) is 6.10. The second-order valence-electron chi connectivity index (χ2n) is 15.9. The Labute approximate surface area is 376 Å². The summed E-state index contributed by atoms with van der Waals surface area (Å²) in [5.74, 6) is 4.01. The van der Waals surface area contributed by atoms with Crippen molar-refractivity contribution in [3.8, 4) is 0 Å². The molecule has 2 aliphatic rings. The lowest BCUT2D eigenvalue weighted by atomic mass is 9.83. The highest BCUT2D eigenvalue weighted by Crippen LogP contribution is 2.27. The van der Waals surface area contributed by atoms with Crippen molar-refractivity contribution in [3.63, 3.8) is 0 Å². The average Bonchev–Trinajstić information content (AvgIpc) is 3.24. The number of carbonyl (C=O) groups is 2. The minimum atomic E-state index is -0.0748. The number of hydrogen-bond donors (Lipinski definition) is 9. The van der Waals surface area contributed by atoms with Gasteiger partial charge in [-0.25, -0.2) is 0 Å². The van der Waals surface area contributed by atoms with Crippen LogP contribution in [0.2, 0.25) is 0 Å². The van der Waals surface area contributed by atoms with E-state index in [1.165, 1.54) is 76.7 Å². The Kier molecular flexibility index (Phi) is 50.9. The van der Waals surface area contributed by atoms with E-state index in [4.69, 9.17) is 17.2 Å². The van der Waals surface area contributed by atoms with Crippen LogP contribution in [0.5, 0.6) is 0 Å². The number of unbranched alkanes of at least 4 members (excludes halogenated alkanes) is 1. The Bertz CT molecular complexity index is 1110. The van der Waals surface area contributed by atoms with Crippen LogP contribution in [-0.4, -0.2) is 135 Å². The summed E-state index contributed by atoms with van der Waals surface area (Å²) in [6.07, 6.45) is 12.4. The summed E-state index contributed by atoms with van der Waals surface area (Å²) in [5, 5.41) is 18.4. The van der Waals surface area contributed by atoms with Gasteiger partial charge in [-0.3, -0.25) is 19.6 Å². The van der Waals surface area contributed by atoms with Crippen LogP contribution in [0, 0.1) is 17.8 Å². The molecule has 1 saturated heterocycles. The first kappa shape index (κ1) is 64.6. The first-order valence-corrected chi connectivity index (χ1v) is 23.1. The molecule has 0 bridgehead atoms. The minimum Gasteiger partial charge on any atom is -0.388 e. The predicted molar refractivity (Wildman–Crippen MR) is 268 cm³/mol. The summed E-state index contributed by atoms with van der Waals surface area (Å²) in [4.78, 5) is 31.6. The second-order valence-corrected chi connectivity index (χ2v) is 15.9. The number of nitrogens with one attached hydrogen (secondary N) is 6. The molecular formula is C47H100N12O2. The standard InChI is InChI=1S/C9H19N.C8H18N4O.C8H18N2.C8H11N.C7H17N3.C5H11NO.C2H6/c1-8-3-5-9(6-4-8)7-10-2;1-6(13)7(11-2)4-3-5-12-8(9)10;1-9-7-8-3-5-10(2)6-4-8;1-9-7-8-5-3-2-4-6-8;1-7(8)10-6-4-3-5-9-2;1-4(6-3)5(2)7;1-2/h8-10H,3-7H2,1-2H3;7,11H,3-5H2,1-2H3,(H4,9,10,12);8-9H,3-7H2,1-2H3;2-6,9H,7H2,1H3;9H,3-6H2,1-2H3,(H2,8,10);4,6H,1-3H3;1-2H3. The Morgan fingerprint density at radius 3 is 1.62 bits per heavy atom. The minimum absolute atomic E-state index is 0.0139. The number of carbonyl (C=O) groups excluding carboxylic acids is 2. The van der Waals surface area contributed by atoms with Crippen LogP contribution in [0.25, 0.3) is 0 Å². The van der Waals surface area contributed by atoms with Crippen molar-refractivity contribution in [2.24, 2.45) is 44.9 Å². The number of ketones is 2. The molecule has 1 aliphatic heterocycles. The van der Waals surface area contributed by atoms with E-state index in [-0.39, 0.29) is 29.6 Å². The molecule has 3 rings (SSSR count). The lowest BCUT2D eigenvalue weighted by molar-refractivity contribution is -0.119. The van der Waals surface area contributed by atoms with Gasteiger partial charge in [0.25, 0.3) is 0 Å². The number of rotatable bonds is 19. The van der Waals surface area contributed by atoms with Gasteiger partial charge in [0, 0.05) is 19.6 Å². The molecule has 1 saturated carbocycles. The molecule has 0 radical (unpaired) electrons. The van der Waals surface area contributed by atoms with Gasteiger partial charge in [-0.05, 0) is 184 Å². The number of hydrogen-bond acceptors (Lipinski definition) is 11. The normalized spacial score (nSPS) is 17.0. The number of likely N-dealkylation sites (tertiary alicyclic amines) is 1. The van der Waals surface area contributed by atoms with Crippen LogP contribution in [0.4, 0.5) is 0 Å². The zero-order valence-electron chi connectivity index (χ0n) is 41.9. The molecule has 1 aromatic rings. The first-order valence-electron chi connectivity index (χ1n) is 23.1. The first-order chi connectivity index (χ1) is 29.1. The summed E-state index contributed by atoms with van der Waals surface area (Å²) < 4.78 is 0. The molecule has 14 heteroatoms. The van der Waals surface area contributed by atoms with E-state index in [1.807, 2.05) is 67.0 Å². The van der Waals surface area contributed by atoms with E-state index in [0.29, 0.717) is 12.4 Å². The maximum absolute atomic E-state index is 11.0. The van der Waals surface area contributed by atoms with Crippen molar-refractivity contribution >= 4 is 23.4 Å². The Morgan fingerprint density at radius 2 is 1.23 bits per heavy atom. The summed E-state index contributed by atoms with van der Waals surface area (Å²) in [5.41, 5.74) is 17.0. The Morgan fingerprint density at radius 1 is 0.705 bits per heavy atom. The number of piperidine rings is 1. The third-order valence-corrected chi connectivity index (χ3v) is 10.2. The number of aliphatic imine (C=N–C) groups is 2. The van der Waals surface area contributed by atoms with Crippen molar-refractivity contribution in [1.29, 1.82) is 0 Å². The molecule has 2 atom stereocenters. The largest absolute Gasteiger partial charge is 0.388 e. The Hall–Kier alpha value is -2.98. The number of Topliss-reactive ketones (excluding diaryl/α,β-unsaturated/α-hetero) is 2. The molecule has 0 aromatic heterocycles. The molecule has 1 heterocycles. The van der Waals surface area contributed by atoms with Gasteiger partial charge in [-0.1, -0.05) is 63.9 Å². The molecule has 0 spiro atoms. The highest BCUT2D eigenvalue weighted by atomic mass is 16.1. The van der Waals surface area contributed by atoms with Crippen LogP contribution >= 0.6 is 0 Å². The second kappa shape index (κ2) is 48.1. The van der Waals surface area contributed by atoms with Gasteiger partial charge in [-0.2, -0.15) is 0 Å². The lowest BCUT2D eigenvalue weighted by Crippen LogP contribution is -2.34. The van der Waals surface area contributed by atoms with Crippen molar-refractivity contribution in [2.75, 3.05) is 95.1 Å². The third-order valence-electron chi connectivity index (χ3n) is 10.2. The number of nitrogens with zero attached hydrogens (tertiary/aromatic N) is 3. The van der Waals surface area contributed by atoms with Crippen LogP contribution < -0.4 is 49.1 Å². The van der Waals surface area contributed by atoms with E-state index >= 15 is 0 Å². The molecule has 360 valence electrons. The fraction of sp³-hybridized carbons (Fsp3) is 0.787.